The van der Waals surface area contributed by atoms with Gasteiger partial charge in [0.2, 0.25) is 0 Å². The van der Waals surface area contributed by atoms with Crippen molar-refractivity contribution >= 4 is 15.9 Å². The molecule has 1 aromatic rings. The predicted molar refractivity (Wildman–Crippen MR) is 121 cm³/mol. The minimum absolute atomic E-state index is 0.149. The molecular formula is C23H39BrN2O2. The van der Waals surface area contributed by atoms with Crippen LogP contribution in [-0.2, 0) is 0 Å². The molecule has 1 saturated heterocycles. The fourth-order valence-corrected chi connectivity index (χ4v) is 5.22. The molecule has 3 rings (SSSR count). The van der Waals surface area contributed by atoms with E-state index in [1.54, 1.807) is 7.11 Å². The molecule has 1 atom stereocenters. The lowest BCUT2D eigenvalue weighted by atomic mass is 9.72. The smallest absolute Gasteiger partial charge is 0.133 e. The van der Waals surface area contributed by atoms with Crippen LogP contribution >= 0.6 is 15.9 Å². The first kappa shape index (κ1) is 23.7. The van der Waals surface area contributed by atoms with Crippen molar-refractivity contribution in [1.82, 2.24) is 10.2 Å². The Hall–Kier alpha value is -0.620. The van der Waals surface area contributed by atoms with Crippen molar-refractivity contribution in [1.29, 1.82) is 0 Å². The molecule has 1 unspecified atom stereocenters. The number of hydrogen-bond donors (Lipinski definition) is 2. The lowest BCUT2D eigenvalue weighted by Gasteiger charge is -2.43. The molecule has 5 heteroatoms. The molecule has 0 amide bonds. The van der Waals surface area contributed by atoms with Gasteiger partial charge in [0.1, 0.15) is 5.75 Å². The van der Waals surface area contributed by atoms with Crippen LogP contribution < -0.4 is 10.1 Å². The highest BCUT2D eigenvalue weighted by Crippen LogP contribution is 2.42. The standard InChI is InChI=1S/C21H33BrN2O2.C2H6/c1-23-17-8-12-24(13-9-17)15-18(21(25)10-4-3-5-11-21)16-6-7-20(26-2)19(22)14-16;1-2/h6-7,14,17-18,23,25H,3-5,8-13,15H2,1-2H3;1-2H3. The monoisotopic (exact) mass is 454 g/mol. The largest absolute Gasteiger partial charge is 0.496 e. The van der Waals surface area contributed by atoms with E-state index in [2.05, 4.69) is 45.3 Å². The zero-order valence-corrected chi connectivity index (χ0v) is 19.7. The molecule has 2 N–H and O–H groups in total. The first-order valence-electron chi connectivity index (χ1n) is 11.0. The third kappa shape index (κ3) is 5.94. The average molecular weight is 455 g/mol. The fraction of sp³-hybridized carbons (Fsp3) is 0.739. The van der Waals surface area contributed by atoms with Crippen LogP contribution in [0.5, 0.6) is 5.75 Å². The molecular weight excluding hydrogens is 416 g/mol. The van der Waals surface area contributed by atoms with Crippen LogP contribution in [0.1, 0.15) is 70.3 Å². The van der Waals surface area contributed by atoms with E-state index in [0.29, 0.717) is 6.04 Å². The van der Waals surface area contributed by atoms with Gasteiger partial charge in [-0.25, -0.2) is 0 Å². The number of ether oxygens (including phenoxy) is 1. The summed E-state index contributed by atoms with van der Waals surface area (Å²) in [6.07, 6.45) is 7.71. The van der Waals surface area contributed by atoms with Gasteiger partial charge in [0.05, 0.1) is 17.2 Å². The molecule has 1 aliphatic carbocycles. The maximum absolute atomic E-state index is 11.5. The number of rotatable bonds is 6. The van der Waals surface area contributed by atoms with Crippen LogP contribution in [0.25, 0.3) is 0 Å². The molecule has 4 nitrogen and oxygen atoms in total. The molecule has 160 valence electrons. The minimum Gasteiger partial charge on any atom is -0.496 e. The second-order valence-corrected chi connectivity index (χ2v) is 8.83. The molecule has 28 heavy (non-hydrogen) atoms. The number of aliphatic hydroxyl groups is 1. The Morgan fingerprint density at radius 3 is 2.39 bits per heavy atom. The highest BCUT2D eigenvalue weighted by Gasteiger charge is 2.40. The lowest BCUT2D eigenvalue weighted by Crippen LogP contribution is -2.48. The van der Waals surface area contributed by atoms with Crippen LogP contribution in [0.15, 0.2) is 22.7 Å². The second kappa shape index (κ2) is 11.5. The van der Waals surface area contributed by atoms with E-state index in [-0.39, 0.29) is 5.92 Å². The van der Waals surface area contributed by atoms with Crippen molar-refractivity contribution in [2.45, 2.75) is 76.4 Å². The Bertz CT molecular complexity index is 582. The molecule has 2 fully saturated rings. The summed E-state index contributed by atoms with van der Waals surface area (Å²) in [6, 6.07) is 6.95. The molecule has 0 bridgehead atoms. The SMILES string of the molecule is CC.CNC1CCN(CC(c2ccc(OC)c(Br)c2)C2(O)CCCCC2)CC1. The van der Waals surface area contributed by atoms with E-state index >= 15 is 0 Å². The first-order chi connectivity index (χ1) is 13.6. The Balaban J connectivity index is 0.00000136. The summed E-state index contributed by atoms with van der Waals surface area (Å²) >= 11 is 3.63. The van der Waals surface area contributed by atoms with Crippen LogP contribution in [0.2, 0.25) is 0 Å². The quantitative estimate of drug-likeness (QED) is 0.638. The van der Waals surface area contributed by atoms with Crippen molar-refractivity contribution in [3.05, 3.63) is 28.2 Å². The van der Waals surface area contributed by atoms with Gasteiger partial charge in [0.15, 0.2) is 0 Å². The Morgan fingerprint density at radius 1 is 1.21 bits per heavy atom. The topological polar surface area (TPSA) is 44.7 Å². The van der Waals surface area contributed by atoms with Crippen molar-refractivity contribution < 1.29 is 9.84 Å². The van der Waals surface area contributed by atoms with Gasteiger partial charge in [-0.1, -0.05) is 39.2 Å². The molecule has 1 saturated carbocycles. The number of hydrogen-bond acceptors (Lipinski definition) is 4. The first-order valence-corrected chi connectivity index (χ1v) is 11.8. The summed E-state index contributed by atoms with van der Waals surface area (Å²) in [6.45, 7) is 7.15. The van der Waals surface area contributed by atoms with Crippen LogP contribution in [0, 0.1) is 0 Å². The summed E-state index contributed by atoms with van der Waals surface area (Å²) < 4.78 is 6.37. The Kier molecular flexibility index (Phi) is 9.75. The minimum atomic E-state index is -0.591. The fourth-order valence-electron chi connectivity index (χ4n) is 4.66. The number of piperidine rings is 1. The van der Waals surface area contributed by atoms with Gasteiger partial charge in [-0.2, -0.15) is 0 Å². The highest BCUT2D eigenvalue weighted by molar-refractivity contribution is 9.10. The summed E-state index contributed by atoms with van der Waals surface area (Å²) in [5, 5.41) is 14.9. The molecule has 0 aromatic heterocycles. The lowest BCUT2D eigenvalue weighted by molar-refractivity contribution is -0.0326. The molecule has 0 radical (unpaired) electrons. The summed E-state index contributed by atoms with van der Waals surface area (Å²) in [5.41, 5.74) is 0.629. The van der Waals surface area contributed by atoms with E-state index in [0.717, 1.165) is 55.5 Å². The zero-order chi connectivity index (χ0) is 20.6. The van der Waals surface area contributed by atoms with Gasteiger partial charge in [0.25, 0.3) is 0 Å². The molecule has 1 aliphatic heterocycles. The van der Waals surface area contributed by atoms with E-state index in [9.17, 15) is 5.11 Å². The van der Waals surface area contributed by atoms with Gasteiger partial charge >= 0.3 is 0 Å². The number of nitrogens with zero attached hydrogens (tertiary/aromatic N) is 1. The maximum atomic E-state index is 11.5. The van der Waals surface area contributed by atoms with E-state index in [1.165, 1.54) is 24.8 Å². The van der Waals surface area contributed by atoms with E-state index in [4.69, 9.17) is 4.74 Å². The highest BCUT2D eigenvalue weighted by atomic mass is 79.9. The summed E-state index contributed by atoms with van der Waals surface area (Å²) in [4.78, 5) is 2.54. The van der Waals surface area contributed by atoms with Crippen molar-refractivity contribution in [3.8, 4) is 5.75 Å². The van der Waals surface area contributed by atoms with Crippen LogP contribution in [0.4, 0.5) is 0 Å². The summed E-state index contributed by atoms with van der Waals surface area (Å²) in [5.74, 6) is 0.995. The third-order valence-electron chi connectivity index (χ3n) is 6.38. The molecule has 1 aromatic carbocycles. The number of nitrogens with one attached hydrogen (secondary N) is 1. The third-order valence-corrected chi connectivity index (χ3v) is 7.00. The molecule has 0 spiro atoms. The Labute approximate surface area is 180 Å². The Morgan fingerprint density at radius 2 is 1.86 bits per heavy atom. The second-order valence-electron chi connectivity index (χ2n) is 7.97. The van der Waals surface area contributed by atoms with Gasteiger partial charge in [-0.05, 0) is 79.4 Å². The van der Waals surface area contributed by atoms with Crippen molar-refractivity contribution in [2.24, 2.45) is 0 Å². The number of halogens is 1. The number of likely N-dealkylation sites (tertiary alicyclic amines) is 1. The van der Waals surface area contributed by atoms with Crippen molar-refractivity contribution in [3.63, 3.8) is 0 Å². The van der Waals surface area contributed by atoms with Gasteiger partial charge in [-0.3, -0.25) is 0 Å². The number of methoxy groups -OCH3 is 1. The van der Waals surface area contributed by atoms with Crippen LogP contribution in [-0.4, -0.2) is 55.4 Å². The predicted octanol–water partition coefficient (Wildman–Crippen LogP) is 4.95. The van der Waals surface area contributed by atoms with Gasteiger partial charge in [-0.15, -0.1) is 0 Å². The van der Waals surface area contributed by atoms with Gasteiger partial charge < -0.3 is 20.1 Å². The molecule has 1 heterocycles. The zero-order valence-electron chi connectivity index (χ0n) is 18.1. The number of benzene rings is 1. The summed E-state index contributed by atoms with van der Waals surface area (Å²) in [7, 11) is 3.75. The van der Waals surface area contributed by atoms with E-state index in [1.807, 2.05) is 19.9 Å². The van der Waals surface area contributed by atoms with E-state index < -0.39 is 5.60 Å². The average Bonchev–Trinajstić information content (AvgIpc) is 2.74. The van der Waals surface area contributed by atoms with Crippen molar-refractivity contribution in [2.75, 3.05) is 33.8 Å². The normalized spacial score (nSPS) is 21.5. The maximum Gasteiger partial charge on any atom is 0.133 e. The van der Waals surface area contributed by atoms with Gasteiger partial charge in [0, 0.05) is 18.5 Å². The van der Waals surface area contributed by atoms with Crippen LogP contribution in [0.3, 0.4) is 0 Å². The molecule has 2 aliphatic rings.